The summed E-state index contributed by atoms with van der Waals surface area (Å²) in [6.45, 7) is 5.50. The summed E-state index contributed by atoms with van der Waals surface area (Å²) in [4.78, 5) is 12.4. The van der Waals surface area contributed by atoms with Crippen molar-refractivity contribution in [3.8, 4) is 0 Å². The molecule has 0 spiro atoms. The van der Waals surface area contributed by atoms with E-state index in [2.05, 4.69) is 53.8 Å². The fourth-order valence-corrected chi connectivity index (χ4v) is 4.02. The van der Waals surface area contributed by atoms with E-state index >= 15 is 0 Å². The standard InChI is InChI=1S/C30H32N2O4/c1-23(31-29(33)28-16-17-36-32-28)27-15-9-14-26(18-27)19-30(2,35-21-25-12-7-4-8-13-25)22-34-20-24-10-5-3-6-11-24/h3-18,23H,19-22H2,1-2H3,(H,31,33). The lowest BCUT2D eigenvalue weighted by atomic mass is 9.94. The Hall–Kier alpha value is -3.74. The molecule has 1 heterocycles. The molecule has 0 radical (unpaired) electrons. The molecule has 3 aromatic carbocycles. The maximum Gasteiger partial charge on any atom is 0.273 e. The molecular formula is C30H32N2O4. The largest absolute Gasteiger partial charge is 0.374 e. The highest BCUT2D eigenvalue weighted by molar-refractivity contribution is 5.92. The molecule has 0 aliphatic heterocycles. The zero-order chi connectivity index (χ0) is 25.2. The molecule has 0 fully saturated rings. The predicted molar refractivity (Wildman–Crippen MR) is 138 cm³/mol. The Morgan fingerprint density at radius 3 is 2.25 bits per heavy atom. The highest BCUT2D eigenvalue weighted by atomic mass is 16.5. The van der Waals surface area contributed by atoms with E-state index in [1.807, 2.05) is 55.5 Å². The van der Waals surface area contributed by atoms with Crippen molar-refractivity contribution in [3.05, 3.63) is 125 Å². The average molecular weight is 485 g/mol. The SMILES string of the molecule is CC(NC(=O)c1ccon1)c1cccc(CC(C)(COCc2ccccc2)OCc2ccccc2)c1. The zero-order valence-corrected chi connectivity index (χ0v) is 20.7. The zero-order valence-electron chi connectivity index (χ0n) is 20.7. The minimum Gasteiger partial charge on any atom is -0.374 e. The Morgan fingerprint density at radius 1 is 0.917 bits per heavy atom. The van der Waals surface area contributed by atoms with Crippen molar-refractivity contribution in [2.75, 3.05) is 6.61 Å². The first kappa shape index (κ1) is 25.4. The van der Waals surface area contributed by atoms with E-state index in [0.29, 0.717) is 26.2 Å². The minimum absolute atomic E-state index is 0.194. The lowest BCUT2D eigenvalue weighted by Crippen LogP contribution is -2.37. The Morgan fingerprint density at radius 2 is 1.58 bits per heavy atom. The molecule has 4 aromatic rings. The highest BCUT2D eigenvalue weighted by Crippen LogP contribution is 2.24. The van der Waals surface area contributed by atoms with E-state index in [-0.39, 0.29) is 17.6 Å². The van der Waals surface area contributed by atoms with E-state index in [9.17, 15) is 4.79 Å². The van der Waals surface area contributed by atoms with Crippen LogP contribution in [0.4, 0.5) is 0 Å². The number of aromatic nitrogens is 1. The molecular weight excluding hydrogens is 452 g/mol. The molecule has 6 heteroatoms. The van der Waals surface area contributed by atoms with Crippen LogP contribution in [-0.2, 0) is 29.1 Å². The minimum atomic E-state index is -0.545. The van der Waals surface area contributed by atoms with Crippen LogP contribution in [0.15, 0.2) is 102 Å². The second-order valence-electron chi connectivity index (χ2n) is 9.20. The number of nitrogens with one attached hydrogen (secondary N) is 1. The van der Waals surface area contributed by atoms with Crippen molar-refractivity contribution >= 4 is 5.91 Å². The predicted octanol–water partition coefficient (Wildman–Crippen LogP) is 5.90. The first-order valence-corrected chi connectivity index (χ1v) is 12.1. The van der Waals surface area contributed by atoms with Gasteiger partial charge in [-0.15, -0.1) is 0 Å². The van der Waals surface area contributed by atoms with Crippen molar-refractivity contribution in [2.24, 2.45) is 0 Å². The molecule has 2 unspecified atom stereocenters. The summed E-state index contributed by atoms with van der Waals surface area (Å²) in [6, 6.07) is 29.8. The molecule has 0 saturated heterocycles. The molecule has 0 bridgehead atoms. The van der Waals surface area contributed by atoms with Crippen molar-refractivity contribution in [2.45, 2.75) is 45.1 Å². The molecule has 36 heavy (non-hydrogen) atoms. The monoisotopic (exact) mass is 484 g/mol. The molecule has 0 aliphatic carbocycles. The van der Waals surface area contributed by atoms with Crippen LogP contribution in [0.25, 0.3) is 0 Å². The van der Waals surface area contributed by atoms with Crippen LogP contribution in [0, 0.1) is 0 Å². The van der Waals surface area contributed by atoms with E-state index < -0.39 is 5.60 Å². The van der Waals surface area contributed by atoms with Gasteiger partial charge < -0.3 is 19.3 Å². The Labute approximate surface area is 212 Å². The summed E-state index contributed by atoms with van der Waals surface area (Å²) in [5.41, 5.74) is 4.06. The first-order chi connectivity index (χ1) is 17.5. The highest BCUT2D eigenvalue weighted by Gasteiger charge is 2.27. The molecule has 0 saturated carbocycles. The van der Waals surface area contributed by atoms with Gasteiger partial charge >= 0.3 is 0 Å². The van der Waals surface area contributed by atoms with Gasteiger partial charge in [0.2, 0.25) is 0 Å². The number of hydrogen-bond acceptors (Lipinski definition) is 5. The van der Waals surface area contributed by atoms with Gasteiger partial charge in [-0.1, -0.05) is 90.1 Å². The fourth-order valence-electron chi connectivity index (χ4n) is 4.02. The smallest absolute Gasteiger partial charge is 0.273 e. The maximum absolute atomic E-state index is 12.4. The number of carbonyl (C=O) groups is 1. The number of hydrogen-bond donors (Lipinski definition) is 1. The van der Waals surface area contributed by atoms with Crippen molar-refractivity contribution in [1.82, 2.24) is 10.5 Å². The maximum atomic E-state index is 12.4. The van der Waals surface area contributed by atoms with Crippen LogP contribution >= 0.6 is 0 Å². The third-order valence-electron chi connectivity index (χ3n) is 6.00. The van der Waals surface area contributed by atoms with Gasteiger partial charge in [-0.3, -0.25) is 4.79 Å². The number of ether oxygens (including phenoxy) is 2. The molecule has 4 rings (SSSR count). The summed E-state index contributed by atoms with van der Waals surface area (Å²) < 4.78 is 17.4. The molecule has 1 amide bonds. The van der Waals surface area contributed by atoms with E-state index in [1.165, 1.54) is 6.26 Å². The van der Waals surface area contributed by atoms with Crippen LogP contribution in [0.3, 0.4) is 0 Å². The van der Waals surface area contributed by atoms with Gasteiger partial charge in [0.1, 0.15) is 6.26 Å². The van der Waals surface area contributed by atoms with Crippen LogP contribution in [0.1, 0.15) is 52.6 Å². The van der Waals surface area contributed by atoms with Crippen molar-refractivity contribution < 1.29 is 18.8 Å². The van der Waals surface area contributed by atoms with Gasteiger partial charge in [0.05, 0.1) is 31.5 Å². The van der Waals surface area contributed by atoms with Gasteiger partial charge in [0.15, 0.2) is 5.69 Å². The normalized spacial score (nSPS) is 13.6. The van der Waals surface area contributed by atoms with E-state index in [0.717, 1.165) is 22.3 Å². The summed E-state index contributed by atoms with van der Waals surface area (Å²) in [7, 11) is 0. The summed E-state index contributed by atoms with van der Waals surface area (Å²) in [6.07, 6.45) is 2.04. The summed E-state index contributed by atoms with van der Waals surface area (Å²) in [5.74, 6) is -0.271. The quantitative estimate of drug-likeness (QED) is 0.271. The molecule has 6 nitrogen and oxygen atoms in total. The van der Waals surface area contributed by atoms with Crippen molar-refractivity contribution in [3.63, 3.8) is 0 Å². The van der Waals surface area contributed by atoms with Gasteiger partial charge in [0.25, 0.3) is 5.91 Å². The first-order valence-electron chi connectivity index (χ1n) is 12.1. The summed E-state index contributed by atoms with van der Waals surface area (Å²) in [5, 5.41) is 6.68. The van der Waals surface area contributed by atoms with Crippen LogP contribution in [0.2, 0.25) is 0 Å². The van der Waals surface area contributed by atoms with Gasteiger partial charge in [-0.2, -0.15) is 0 Å². The Kier molecular flexibility index (Phi) is 8.66. The fraction of sp³-hybridized carbons (Fsp3) is 0.267. The number of carbonyl (C=O) groups excluding carboxylic acids is 1. The lowest BCUT2D eigenvalue weighted by Gasteiger charge is -2.30. The molecule has 186 valence electrons. The number of benzene rings is 3. The van der Waals surface area contributed by atoms with Gasteiger partial charge in [-0.05, 0) is 36.1 Å². The number of amides is 1. The molecule has 2 atom stereocenters. The Bertz CT molecular complexity index is 1210. The van der Waals surface area contributed by atoms with Crippen molar-refractivity contribution in [1.29, 1.82) is 0 Å². The molecule has 0 aliphatic rings. The van der Waals surface area contributed by atoms with E-state index in [1.54, 1.807) is 6.07 Å². The lowest BCUT2D eigenvalue weighted by molar-refractivity contribution is -0.0981. The van der Waals surface area contributed by atoms with Crippen LogP contribution < -0.4 is 5.32 Å². The third kappa shape index (κ3) is 7.38. The van der Waals surface area contributed by atoms with E-state index in [4.69, 9.17) is 14.0 Å². The van der Waals surface area contributed by atoms with Gasteiger partial charge in [0, 0.05) is 12.5 Å². The third-order valence-corrected chi connectivity index (χ3v) is 6.00. The summed E-state index contributed by atoms with van der Waals surface area (Å²) >= 11 is 0. The topological polar surface area (TPSA) is 73.6 Å². The second kappa shape index (κ2) is 12.3. The second-order valence-corrected chi connectivity index (χ2v) is 9.20. The van der Waals surface area contributed by atoms with Gasteiger partial charge in [-0.25, -0.2) is 0 Å². The molecule has 1 N–H and O–H groups in total. The number of rotatable bonds is 12. The molecule has 1 aromatic heterocycles. The number of nitrogens with zero attached hydrogens (tertiary/aromatic N) is 1. The van der Waals surface area contributed by atoms with Crippen LogP contribution in [0.5, 0.6) is 0 Å². The Balaban J connectivity index is 1.44. The van der Waals surface area contributed by atoms with Crippen LogP contribution in [-0.4, -0.2) is 23.3 Å². The average Bonchev–Trinajstić information content (AvgIpc) is 3.44.